The average Bonchev–Trinajstić information content (AvgIpc) is 2.70. The molecule has 1 aromatic rings. The van der Waals surface area contributed by atoms with Crippen LogP contribution in [0.5, 0.6) is 0 Å². The molecule has 0 atom stereocenters. The number of carboxylic acids is 1. The normalized spacial score (nSPS) is 10.1. The Labute approximate surface area is 103 Å². The van der Waals surface area contributed by atoms with Crippen molar-refractivity contribution < 1.29 is 19.6 Å². The molecule has 0 fully saturated rings. The van der Waals surface area contributed by atoms with Crippen LogP contribution in [0.4, 0.5) is 5.69 Å². The average molecular weight is 255 g/mol. The Morgan fingerprint density at radius 3 is 2.61 bits per heavy atom. The summed E-state index contributed by atoms with van der Waals surface area (Å²) in [6, 6.07) is 1.14. The van der Waals surface area contributed by atoms with E-state index in [-0.39, 0.29) is 11.4 Å². The molecule has 1 amide bonds. The van der Waals surface area contributed by atoms with E-state index in [1.54, 1.807) is 6.92 Å². The highest BCUT2D eigenvalue weighted by molar-refractivity contribution is 5.95. The van der Waals surface area contributed by atoms with Crippen LogP contribution in [-0.2, 0) is 11.3 Å². The summed E-state index contributed by atoms with van der Waals surface area (Å²) in [4.78, 5) is 33.4. The van der Waals surface area contributed by atoms with Crippen LogP contribution < -0.4 is 0 Å². The number of nitrogens with zero attached hydrogens (tertiary/aromatic N) is 3. The molecule has 1 heterocycles. The molecule has 0 spiro atoms. The number of carbonyl (C=O) groups excluding carboxylic acids is 1. The van der Waals surface area contributed by atoms with Gasteiger partial charge in [0.25, 0.3) is 11.6 Å². The number of aromatic nitrogens is 1. The minimum Gasteiger partial charge on any atom is -0.480 e. The maximum absolute atomic E-state index is 11.9. The number of hydrogen-bond donors (Lipinski definition) is 1. The lowest BCUT2D eigenvalue weighted by Crippen LogP contribution is -2.33. The molecule has 0 aliphatic heterocycles. The Morgan fingerprint density at radius 1 is 1.56 bits per heavy atom. The summed E-state index contributed by atoms with van der Waals surface area (Å²) in [5.74, 6) is -1.71. The number of rotatable bonds is 5. The van der Waals surface area contributed by atoms with Gasteiger partial charge in [-0.25, -0.2) is 0 Å². The molecule has 0 saturated carbocycles. The molecule has 0 bridgehead atoms. The second kappa shape index (κ2) is 5.30. The van der Waals surface area contributed by atoms with Crippen LogP contribution >= 0.6 is 0 Å². The number of amides is 1. The van der Waals surface area contributed by atoms with Crippen LogP contribution in [0.15, 0.2) is 12.3 Å². The Morgan fingerprint density at radius 2 is 2.17 bits per heavy atom. The number of aliphatic carboxylic acids is 1. The predicted molar refractivity (Wildman–Crippen MR) is 61.4 cm³/mol. The number of carbonyl (C=O) groups is 2. The zero-order valence-electron chi connectivity index (χ0n) is 9.99. The first-order chi connectivity index (χ1) is 8.36. The SMILES string of the molecule is CCn1cc([N+](=O)[O-])cc1C(=O)N(C)CC(=O)O. The third-order valence-electron chi connectivity index (χ3n) is 2.37. The third kappa shape index (κ3) is 2.84. The van der Waals surface area contributed by atoms with Gasteiger partial charge < -0.3 is 14.6 Å². The van der Waals surface area contributed by atoms with E-state index in [2.05, 4.69) is 0 Å². The van der Waals surface area contributed by atoms with E-state index in [1.165, 1.54) is 17.8 Å². The number of nitro groups is 1. The molecule has 8 heteroatoms. The molecule has 1 N–H and O–H groups in total. The fraction of sp³-hybridized carbons (Fsp3) is 0.400. The summed E-state index contributed by atoms with van der Waals surface area (Å²) in [6.07, 6.45) is 1.25. The van der Waals surface area contributed by atoms with Crippen LogP contribution in [-0.4, -0.2) is 45.0 Å². The van der Waals surface area contributed by atoms with Gasteiger partial charge in [-0.1, -0.05) is 0 Å². The minimum absolute atomic E-state index is 0.105. The Hall–Kier alpha value is -2.38. The molecule has 18 heavy (non-hydrogen) atoms. The molecule has 0 aliphatic carbocycles. The second-order valence-corrected chi connectivity index (χ2v) is 3.68. The third-order valence-corrected chi connectivity index (χ3v) is 2.37. The molecule has 0 radical (unpaired) electrons. The molecule has 1 rings (SSSR count). The first kappa shape index (κ1) is 13.7. The van der Waals surface area contributed by atoms with Crippen molar-refractivity contribution in [3.8, 4) is 0 Å². The highest BCUT2D eigenvalue weighted by atomic mass is 16.6. The van der Waals surface area contributed by atoms with E-state index < -0.39 is 23.3 Å². The topological polar surface area (TPSA) is 106 Å². The van der Waals surface area contributed by atoms with E-state index in [0.717, 1.165) is 11.0 Å². The zero-order valence-corrected chi connectivity index (χ0v) is 9.99. The molecule has 0 aromatic carbocycles. The molecular weight excluding hydrogens is 242 g/mol. The molecule has 98 valence electrons. The molecule has 0 saturated heterocycles. The largest absolute Gasteiger partial charge is 0.480 e. The van der Waals surface area contributed by atoms with Gasteiger partial charge >= 0.3 is 5.97 Å². The van der Waals surface area contributed by atoms with Crippen LogP contribution in [0.25, 0.3) is 0 Å². The smallest absolute Gasteiger partial charge is 0.323 e. The summed E-state index contributed by atoms with van der Waals surface area (Å²) < 4.78 is 1.42. The standard InChI is InChI=1S/C10H13N3O5/c1-3-12-5-7(13(17)18)4-8(12)10(16)11(2)6-9(14)15/h4-5H,3,6H2,1-2H3,(H,14,15). The van der Waals surface area contributed by atoms with Gasteiger partial charge in [0, 0.05) is 19.7 Å². The highest BCUT2D eigenvalue weighted by Gasteiger charge is 2.22. The molecule has 8 nitrogen and oxygen atoms in total. The first-order valence-electron chi connectivity index (χ1n) is 5.18. The van der Waals surface area contributed by atoms with Crippen molar-refractivity contribution in [2.24, 2.45) is 0 Å². The van der Waals surface area contributed by atoms with Gasteiger partial charge in [-0.15, -0.1) is 0 Å². The molecule has 0 unspecified atom stereocenters. The number of hydrogen-bond acceptors (Lipinski definition) is 4. The van der Waals surface area contributed by atoms with Crippen LogP contribution in [0.3, 0.4) is 0 Å². The van der Waals surface area contributed by atoms with Gasteiger partial charge in [0.1, 0.15) is 12.2 Å². The number of aryl methyl sites for hydroxylation is 1. The fourth-order valence-electron chi connectivity index (χ4n) is 1.51. The van der Waals surface area contributed by atoms with Gasteiger partial charge in [-0.05, 0) is 6.92 Å². The summed E-state index contributed by atoms with van der Waals surface area (Å²) in [6.45, 7) is 1.66. The van der Waals surface area contributed by atoms with Gasteiger partial charge in [-0.3, -0.25) is 19.7 Å². The fourth-order valence-corrected chi connectivity index (χ4v) is 1.51. The lowest BCUT2D eigenvalue weighted by atomic mass is 10.3. The number of carboxylic acid groups (broad SMARTS) is 1. The lowest BCUT2D eigenvalue weighted by Gasteiger charge is -2.15. The van der Waals surface area contributed by atoms with E-state index >= 15 is 0 Å². The van der Waals surface area contributed by atoms with Gasteiger partial charge in [0.2, 0.25) is 0 Å². The number of likely N-dealkylation sites (N-methyl/N-ethyl adjacent to an activating group) is 1. The summed E-state index contributed by atoms with van der Waals surface area (Å²) >= 11 is 0. The lowest BCUT2D eigenvalue weighted by molar-refractivity contribution is -0.384. The van der Waals surface area contributed by atoms with E-state index in [9.17, 15) is 19.7 Å². The van der Waals surface area contributed by atoms with Crippen molar-refractivity contribution in [3.05, 3.63) is 28.1 Å². The molecule has 1 aromatic heterocycles. The van der Waals surface area contributed by atoms with Crippen molar-refractivity contribution in [1.82, 2.24) is 9.47 Å². The molecular formula is C10H13N3O5. The Balaban J connectivity index is 3.04. The maximum atomic E-state index is 11.9. The van der Waals surface area contributed by atoms with Crippen LogP contribution in [0.2, 0.25) is 0 Å². The van der Waals surface area contributed by atoms with E-state index in [1.807, 2.05) is 0 Å². The predicted octanol–water partition coefficient (Wildman–Crippen LogP) is 0.573. The van der Waals surface area contributed by atoms with Gasteiger partial charge in [-0.2, -0.15) is 0 Å². The zero-order chi connectivity index (χ0) is 13.9. The van der Waals surface area contributed by atoms with Crippen molar-refractivity contribution >= 4 is 17.6 Å². The van der Waals surface area contributed by atoms with Crippen molar-refractivity contribution in [2.75, 3.05) is 13.6 Å². The van der Waals surface area contributed by atoms with Crippen LogP contribution in [0, 0.1) is 10.1 Å². The van der Waals surface area contributed by atoms with E-state index in [4.69, 9.17) is 5.11 Å². The van der Waals surface area contributed by atoms with Crippen molar-refractivity contribution in [1.29, 1.82) is 0 Å². The Kier molecular flexibility index (Phi) is 4.03. The summed E-state index contributed by atoms with van der Waals surface area (Å²) in [5, 5.41) is 19.2. The quantitative estimate of drug-likeness (QED) is 0.611. The highest BCUT2D eigenvalue weighted by Crippen LogP contribution is 2.17. The van der Waals surface area contributed by atoms with Crippen molar-refractivity contribution in [3.63, 3.8) is 0 Å². The van der Waals surface area contributed by atoms with Gasteiger partial charge in [0.05, 0.1) is 11.1 Å². The van der Waals surface area contributed by atoms with E-state index in [0.29, 0.717) is 6.54 Å². The minimum atomic E-state index is -1.14. The monoisotopic (exact) mass is 255 g/mol. The first-order valence-corrected chi connectivity index (χ1v) is 5.18. The van der Waals surface area contributed by atoms with Gasteiger partial charge in [0.15, 0.2) is 0 Å². The van der Waals surface area contributed by atoms with Crippen LogP contribution in [0.1, 0.15) is 17.4 Å². The summed E-state index contributed by atoms with van der Waals surface area (Å²) in [5.41, 5.74) is -0.0862. The Bertz CT molecular complexity index is 494. The maximum Gasteiger partial charge on any atom is 0.323 e. The molecule has 0 aliphatic rings. The summed E-state index contributed by atoms with van der Waals surface area (Å²) in [7, 11) is 1.33. The van der Waals surface area contributed by atoms with Crippen molar-refractivity contribution in [2.45, 2.75) is 13.5 Å². The second-order valence-electron chi connectivity index (χ2n) is 3.68.